The maximum absolute atomic E-state index is 12.5. The number of aryl methyl sites for hydroxylation is 3. The topological polar surface area (TPSA) is 17.1 Å². The Balaban J connectivity index is 1.90. The summed E-state index contributed by atoms with van der Waals surface area (Å²) in [7, 11) is 0. The van der Waals surface area contributed by atoms with Crippen molar-refractivity contribution in [2.24, 2.45) is 5.92 Å². The van der Waals surface area contributed by atoms with Crippen LogP contribution in [-0.2, 0) is 12.8 Å². The average molecular weight is 264 g/mol. The van der Waals surface area contributed by atoms with Crippen molar-refractivity contribution in [2.45, 2.75) is 33.6 Å². The van der Waals surface area contributed by atoms with Gasteiger partial charge in [0.1, 0.15) is 0 Å². The second-order valence-corrected chi connectivity index (χ2v) is 6.00. The van der Waals surface area contributed by atoms with Crippen molar-refractivity contribution in [2.75, 3.05) is 0 Å². The van der Waals surface area contributed by atoms with Gasteiger partial charge in [-0.15, -0.1) is 0 Å². The molecular weight excluding hydrogens is 244 g/mol. The third-order valence-electron chi connectivity index (χ3n) is 4.41. The number of benzene rings is 2. The summed E-state index contributed by atoms with van der Waals surface area (Å²) in [6.45, 7) is 6.43. The van der Waals surface area contributed by atoms with Crippen LogP contribution in [0.25, 0.3) is 0 Å². The number of hydrogen-bond acceptors (Lipinski definition) is 1. The summed E-state index contributed by atoms with van der Waals surface area (Å²) in [4.78, 5) is 12.5. The SMILES string of the molecule is Cc1cc(C)c(CC2Cc3ccccc3C2=O)c(C)c1. The van der Waals surface area contributed by atoms with Crippen molar-refractivity contribution in [3.8, 4) is 0 Å². The van der Waals surface area contributed by atoms with Gasteiger partial charge in [0.25, 0.3) is 0 Å². The minimum atomic E-state index is 0.118. The molecule has 0 spiro atoms. The van der Waals surface area contributed by atoms with Crippen LogP contribution >= 0.6 is 0 Å². The molecule has 0 N–H and O–H groups in total. The average Bonchev–Trinajstić information content (AvgIpc) is 2.71. The molecule has 0 heterocycles. The van der Waals surface area contributed by atoms with Gasteiger partial charge >= 0.3 is 0 Å². The molecule has 20 heavy (non-hydrogen) atoms. The van der Waals surface area contributed by atoms with Crippen LogP contribution in [0.1, 0.15) is 38.2 Å². The molecule has 2 aromatic carbocycles. The van der Waals surface area contributed by atoms with Crippen LogP contribution in [0.3, 0.4) is 0 Å². The van der Waals surface area contributed by atoms with Crippen LogP contribution in [0, 0.1) is 26.7 Å². The molecule has 0 saturated heterocycles. The van der Waals surface area contributed by atoms with Gasteiger partial charge in [0.2, 0.25) is 0 Å². The summed E-state index contributed by atoms with van der Waals surface area (Å²) in [5, 5.41) is 0. The first-order valence-corrected chi connectivity index (χ1v) is 7.25. The lowest BCUT2D eigenvalue weighted by Gasteiger charge is -2.14. The zero-order chi connectivity index (χ0) is 14.3. The molecule has 1 aliphatic carbocycles. The second-order valence-electron chi connectivity index (χ2n) is 6.00. The first-order chi connectivity index (χ1) is 9.56. The van der Waals surface area contributed by atoms with Crippen LogP contribution in [0.4, 0.5) is 0 Å². The largest absolute Gasteiger partial charge is 0.294 e. The van der Waals surface area contributed by atoms with Gasteiger partial charge in [-0.3, -0.25) is 4.79 Å². The highest BCUT2D eigenvalue weighted by Gasteiger charge is 2.30. The molecule has 0 saturated carbocycles. The van der Waals surface area contributed by atoms with Gasteiger partial charge < -0.3 is 0 Å². The second kappa shape index (κ2) is 4.90. The molecule has 1 nitrogen and oxygen atoms in total. The molecular formula is C19H20O. The van der Waals surface area contributed by atoms with E-state index in [-0.39, 0.29) is 5.92 Å². The summed E-state index contributed by atoms with van der Waals surface area (Å²) in [5.41, 5.74) is 7.41. The Morgan fingerprint density at radius 3 is 2.35 bits per heavy atom. The lowest BCUT2D eigenvalue weighted by molar-refractivity contribution is 0.0936. The van der Waals surface area contributed by atoms with Gasteiger partial charge in [-0.1, -0.05) is 42.0 Å². The molecule has 0 fully saturated rings. The third kappa shape index (κ3) is 2.18. The standard InChI is InChI=1S/C19H20O/c1-12-8-13(2)18(14(3)9-12)11-16-10-15-6-4-5-7-17(15)19(16)20/h4-9,16H,10-11H2,1-3H3. The number of ketones is 1. The lowest BCUT2D eigenvalue weighted by Crippen LogP contribution is -2.14. The van der Waals surface area contributed by atoms with Crippen LogP contribution in [0.2, 0.25) is 0 Å². The van der Waals surface area contributed by atoms with Gasteiger partial charge in [-0.2, -0.15) is 0 Å². The van der Waals surface area contributed by atoms with E-state index in [0.717, 1.165) is 18.4 Å². The van der Waals surface area contributed by atoms with Gasteiger partial charge in [0.05, 0.1) is 0 Å². The van der Waals surface area contributed by atoms with Crippen molar-refractivity contribution in [1.29, 1.82) is 0 Å². The fourth-order valence-electron chi connectivity index (χ4n) is 3.46. The van der Waals surface area contributed by atoms with E-state index in [4.69, 9.17) is 0 Å². The highest BCUT2D eigenvalue weighted by Crippen LogP contribution is 2.30. The predicted molar refractivity (Wildman–Crippen MR) is 82.3 cm³/mol. The van der Waals surface area contributed by atoms with Crippen LogP contribution in [0.15, 0.2) is 36.4 Å². The lowest BCUT2D eigenvalue weighted by atomic mass is 9.89. The van der Waals surface area contributed by atoms with Crippen LogP contribution in [0.5, 0.6) is 0 Å². The number of carbonyl (C=O) groups is 1. The van der Waals surface area contributed by atoms with Gasteiger partial charge in [-0.05, 0) is 55.9 Å². The minimum Gasteiger partial charge on any atom is -0.294 e. The molecule has 1 heteroatoms. The predicted octanol–water partition coefficient (Wildman–Crippen LogP) is 4.21. The van der Waals surface area contributed by atoms with E-state index in [0.29, 0.717) is 5.78 Å². The summed E-state index contributed by atoms with van der Waals surface area (Å²) in [6, 6.07) is 12.5. The van der Waals surface area contributed by atoms with Crippen LogP contribution < -0.4 is 0 Å². The molecule has 2 aromatic rings. The fraction of sp³-hybridized carbons (Fsp3) is 0.316. The van der Waals surface area contributed by atoms with Crippen molar-refractivity contribution < 1.29 is 4.79 Å². The van der Waals surface area contributed by atoms with E-state index in [1.54, 1.807) is 0 Å². The Bertz CT molecular complexity index is 659. The summed E-state index contributed by atoms with van der Waals surface area (Å²) in [6.07, 6.45) is 1.76. The van der Waals surface area contributed by atoms with E-state index in [1.165, 1.54) is 27.8 Å². The van der Waals surface area contributed by atoms with Gasteiger partial charge in [-0.25, -0.2) is 0 Å². The monoisotopic (exact) mass is 264 g/mol. The highest BCUT2D eigenvalue weighted by atomic mass is 16.1. The number of carbonyl (C=O) groups excluding carboxylic acids is 1. The molecule has 3 rings (SSSR count). The number of rotatable bonds is 2. The maximum Gasteiger partial charge on any atom is 0.166 e. The van der Waals surface area contributed by atoms with E-state index in [1.807, 2.05) is 18.2 Å². The molecule has 1 unspecified atom stereocenters. The number of hydrogen-bond donors (Lipinski definition) is 0. The Morgan fingerprint density at radius 2 is 1.70 bits per heavy atom. The van der Waals surface area contributed by atoms with Crippen LogP contribution in [-0.4, -0.2) is 5.78 Å². The molecule has 0 radical (unpaired) electrons. The third-order valence-corrected chi connectivity index (χ3v) is 4.41. The molecule has 0 amide bonds. The number of fused-ring (bicyclic) bond motifs is 1. The van der Waals surface area contributed by atoms with Crippen molar-refractivity contribution >= 4 is 5.78 Å². The van der Waals surface area contributed by atoms with E-state index >= 15 is 0 Å². The quantitative estimate of drug-likeness (QED) is 0.794. The first kappa shape index (κ1) is 13.1. The summed E-state index contributed by atoms with van der Waals surface area (Å²) in [5.74, 6) is 0.437. The Kier molecular flexibility index (Phi) is 3.21. The zero-order valence-corrected chi connectivity index (χ0v) is 12.4. The van der Waals surface area contributed by atoms with Gasteiger partial charge in [0, 0.05) is 11.5 Å². The molecule has 0 aromatic heterocycles. The maximum atomic E-state index is 12.5. The van der Waals surface area contributed by atoms with E-state index in [2.05, 4.69) is 39.0 Å². The Labute approximate surface area is 120 Å². The van der Waals surface area contributed by atoms with E-state index < -0.39 is 0 Å². The number of Topliss-reactive ketones (excluding diaryl/α,β-unsaturated/α-hetero) is 1. The molecule has 1 aliphatic rings. The zero-order valence-electron chi connectivity index (χ0n) is 12.4. The van der Waals surface area contributed by atoms with Gasteiger partial charge in [0.15, 0.2) is 5.78 Å². The Hall–Kier alpha value is -1.89. The highest BCUT2D eigenvalue weighted by molar-refractivity contribution is 6.02. The van der Waals surface area contributed by atoms with Crippen molar-refractivity contribution in [3.05, 3.63) is 69.8 Å². The summed E-state index contributed by atoms with van der Waals surface area (Å²) < 4.78 is 0. The minimum absolute atomic E-state index is 0.118. The Morgan fingerprint density at radius 1 is 1.05 bits per heavy atom. The molecule has 1 atom stereocenters. The first-order valence-electron chi connectivity index (χ1n) is 7.25. The van der Waals surface area contributed by atoms with Crippen molar-refractivity contribution in [3.63, 3.8) is 0 Å². The summed E-state index contributed by atoms with van der Waals surface area (Å²) >= 11 is 0. The smallest absolute Gasteiger partial charge is 0.166 e. The molecule has 0 bridgehead atoms. The molecule has 0 aliphatic heterocycles. The fourth-order valence-corrected chi connectivity index (χ4v) is 3.46. The molecule has 102 valence electrons. The van der Waals surface area contributed by atoms with Crippen molar-refractivity contribution in [1.82, 2.24) is 0 Å². The van der Waals surface area contributed by atoms with E-state index in [9.17, 15) is 4.79 Å². The normalized spacial score (nSPS) is 17.4.